The van der Waals surface area contributed by atoms with Crippen molar-refractivity contribution >= 4 is 23.5 Å². The summed E-state index contributed by atoms with van der Waals surface area (Å²) in [6.07, 6.45) is 1.51. The van der Waals surface area contributed by atoms with Crippen molar-refractivity contribution in [1.82, 2.24) is 15.2 Å². The van der Waals surface area contributed by atoms with Crippen LogP contribution >= 0.6 is 0 Å². The predicted octanol–water partition coefficient (Wildman–Crippen LogP) is 4.41. The topological polar surface area (TPSA) is 101 Å². The normalized spacial score (nSPS) is 11.1. The Balaban J connectivity index is 1.69. The molecule has 0 saturated carbocycles. The SMILES string of the molecule is O=C(NN=Cc1ccccc1)c1nn(-c2ccccc2)c(=O)cc1N=Nc1ccccc1. The maximum Gasteiger partial charge on any atom is 0.294 e. The van der Waals surface area contributed by atoms with E-state index in [1.54, 1.807) is 36.4 Å². The van der Waals surface area contributed by atoms with Gasteiger partial charge in [0, 0.05) is 6.07 Å². The first kappa shape index (κ1) is 20.5. The van der Waals surface area contributed by atoms with Crippen molar-refractivity contribution in [1.29, 1.82) is 0 Å². The highest BCUT2D eigenvalue weighted by Gasteiger charge is 2.17. The predicted molar refractivity (Wildman–Crippen MR) is 122 cm³/mol. The highest BCUT2D eigenvalue weighted by Crippen LogP contribution is 2.20. The molecule has 1 heterocycles. The van der Waals surface area contributed by atoms with Crippen molar-refractivity contribution in [3.63, 3.8) is 0 Å². The fourth-order valence-electron chi connectivity index (χ4n) is 2.80. The molecule has 0 radical (unpaired) electrons. The summed E-state index contributed by atoms with van der Waals surface area (Å²) in [6.45, 7) is 0. The van der Waals surface area contributed by atoms with Crippen LogP contribution in [0.25, 0.3) is 5.69 Å². The fourth-order valence-corrected chi connectivity index (χ4v) is 2.80. The van der Waals surface area contributed by atoms with Crippen LogP contribution in [-0.4, -0.2) is 21.9 Å². The third-order valence-electron chi connectivity index (χ3n) is 4.34. The van der Waals surface area contributed by atoms with E-state index >= 15 is 0 Å². The molecule has 0 atom stereocenters. The molecule has 0 saturated heterocycles. The van der Waals surface area contributed by atoms with Crippen LogP contribution in [0.1, 0.15) is 16.1 Å². The number of rotatable bonds is 6. The van der Waals surface area contributed by atoms with E-state index in [2.05, 4.69) is 25.9 Å². The molecule has 32 heavy (non-hydrogen) atoms. The number of hydrogen-bond acceptors (Lipinski definition) is 6. The Bertz CT molecular complexity index is 1320. The molecular weight excluding hydrogens is 404 g/mol. The Kier molecular flexibility index (Phi) is 6.33. The van der Waals surface area contributed by atoms with Gasteiger partial charge in [0.15, 0.2) is 5.69 Å². The summed E-state index contributed by atoms with van der Waals surface area (Å²) in [4.78, 5) is 25.5. The minimum absolute atomic E-state index is 0.0402. The minimum atomic E-state index is -0.621. The monoisotopic (exact) mass is 422 g/mol. The summed E-state index contributed by atoms with van der Waals surface area (Å²) in [6, 6.07) is 28.3. The zero-order valence-electron chi connectivity index (χ0n) is 16.9. The minimum Gasteiger partial charge on any atom is -0.267 e. The third kappa shape index (κ3) is 5.06. The number of hydrogen-bond donors (Lipinski definition) is 1. The number of para-hydroxylation sites is 1. The lowest BCUT2D eigenvalue weighted by atomic mass is 10.2. The number of nitrogens with zero attached hydrogens (tertiary/aromatic N) is 5. The Morgan fingerprint density at radius 1 is 0.844 bits per heavy atom. The van der Waals surface area contributed by atoms with E-state index in [-0.39, 0.29) is 11.4 Å². The van der Waals surface area contributed by atoms with Crippen LogP contribution in [0.5, 0.6) is 0 Å². The maximum absolute atomic E-state index is 12.9. The van der Waals surface area contributed by atoms with Crippen LogP contribution in [0.15, 0.2) is 117 Å². The first-order valence-corrected chi connectivity index (χ1v) is 9.76. The molecule has 3 aromatic carbocycles. The number of carbonyl (C=O) groups excluding carboxylic acids is 1. The number of azo groups is 1. The van der Waals surface area contributed by atoms with Gasteiger partial charge in [-0.25, -0.2) is 5.43 Å². The van der Waals surface area contributed by atoms with E-state index in [1.165, 1.54) is 12.3 Å². The molecule has 156 valence electrons. The van der Waals surface area contributed by atoms with Gasteiger partial charge in [-0.2, -0.15) is 20.0 Å². The number of amides is 1. The molecule has 0 spiro atoms. The quantitative estimate of drug-likeness (QED) is 0.283. The lowest BCUT2D eigenvalue weighted by molar-refractivity contribution is 0.0949. The number of benzene rings is 3. The van der Waals surface area contributed by atoms with Crippen molar-refractivity contribution in [3.05, 3.63) is 119 Å². The number of aromatic nitrogens is 2. The Labute approximate surface area is 183 Å². The second-order valence-electron chi connectivity index (χ2n) is 6.61. The van der Waals surface area contributed by atoms with Crippen molar-refractivity contribution < 1.29 is 4.79 Å². The van der Waals surface area contributed by atoms with E-state index in [0.717, 1.165) is 10.2 Å². The summed E-state index contributed by atoms with van der Waals surface area (Å²) < 4.78 is 1.14. The van der Waals surface area contributed by atoms with Gasteiger partial charge in [0.05, 0.1) is 17.6 Å². The molecule has 1 amide bonds. The van der Waals surface area contributed by atoms with Gasteiger partial charge in [-0.05, 0) is 29.8 Å². The first-order valence-electron chi connectivity index (χ1n) is 9.76. The third-order valence-corrected chi connectivity index (χ3v) is 4.34. The van der Waals surface area contributed by atoms with Crippen LogP contribution in [0.4, 0.5) is 11.4 Å². The van der Waals surface area contributed by atoms with Crippen molar-refractivity contribution in [2.45, 2.75) is 0 Å². The van der Waals surface area contributed by atoms with Crippen LogP contribution in [-0.2, 0) is 0 Å². The van der Waals surface area contributed by atoms with Gasteiger partial charge in [0.2, 0.25) is 0 Å². The summed E-state index contributed by atoms with van der Waals surface area (Å²) in [5.41, 5.74) is 3.86. The van der Waals surface area contributed by atoms with E-state index < -0.39 is 11.5 Å². The summed E-state index contributed by atoms with van der Waals surface area (Å²) in [5.74, 6) is -0.621. The largest absolute Gasteiger partial charge is 0.294 e. The molecule has 0 bridgehead atoms. The summed E-state index contributed by atoms with van der Waals surface area (Å²) in [5, 5.41) is 16.4. The van der Waals surface area contributed by atoms with Gasteiger partial charge in [-0.15, -0.1) is 5.11 Å². The standard InChI is InChI=1S/C24H18N6O2/c31-22-16-21(27-26-19-12-6-2-7-13-19)23(29-30(22)20-14-8-3-9-15-20)24(32)28-25-17-18-10-4-1-5-11-18/h1-17H,(H,28,32). The number of hydrazone groups is 1. The summed E-state index contributed by atoms with van der Waals surface area (Å²) in [7, 11) is 0. The molecule has 0 unspecified atom stereocenters. The van der Waals surface area contributed by atoms with E-state index in [0.29, 0.717) is 11.4 Å². The molecule has 1 aromatic heterocycles. The van der Waals surface area contributed by atoms with E-state index in [9.17, 15) is 9.59 Å². The lowest BCUT2D eigenvalue weighted by Gasteiger charge is -2.08. The van der Waals surface area contributed by atoms with Gasteiger partial charge < -0.3 is 0 Å². The van der Waals surface area contributed by atoms with Gasteiger partial charge >= 0.3 is 0 Å². The van der Waals surface area contributed by atoms with Crippen molar-refractivity contribution in [2.75, 3.05) is 0 Å². The van der Waals surface area contributed by atoms with Crippen LogP contribution in [0.2, 0.25) is 0 Å². The zero-order valence-corrected chi connectivity index (χ0v) is 16.9. The molecule has 0 aliphatic heterocycles. The molecule has 0 aliphatic rings. The average Bonchev–Trinajstić information content (AvgIpc) is 2.84. The average molecular weight is 422 g/mol. The second-order valence-corrected chi connectivity index (χ2v) is 6.61. The fraction of sp³-hybridized carbons (Fsp3) is 0. The van der Waals surface area contributed by atoms with Crippen LogP contribution < -0.4 is 11.0 Å². The molecule has 0 fully saturated rings. The highest BCUT2D eigenvalue weighted by molar-refractivity contribution is 5.97. The van der Waals surface area contributed by atoms with Crippen LogP contribution in [0.3, 0.4) is 0 Å². The van der Waals surface area contributed by atoms with E-state index in [1.807, 2.05) is 54.6 Å². The number of carbonyl (C=O) groups is 1. The van der Waals surface area contributed by atoms with Crippen molar-refractivity contribution in [2.24, 2.45) is 15.3 Å². The Morgan fingerprint density at radius 2 is 1.47 bits per heavy atom. The molecule has 4 aromatic rings. The number of nitrogens with one attached hydrogen (secondary N) is 1. The van der Waals surface area contributed by atoms with Gasteiger partial charge in [-0.1, -0.05) is 66.7 Å². The molecule has 8 nitrogen and oxygen atoms in total. The summed E-state index contributed by atoms with van der Waals surface area (Å²) >= 11 is 0. The van der Waals surface area contributed by atoms with Gasteiger partial charge in [-0.3, -0.25) is 9.59 Å². The van der Waals surface area contributed by atoms with Gasteiger partial charge in [0.25, 0.3) is 11.5 Å². The maximum atomic E-state index is 12.9. The zero-order chi connectivity index (χ0) is 22.2. The molecular formula is C24H18N6O2. The van der Waals surface area contributed by atoms with Crippen molar-refractivity contribution in [3.8, 4) is 5.69 Å². The lowest BCUT2D eigenvalue weighted by Crippen LogP contribution is -2.27. The van der Waals surface area contributed by atoms with Gasteiger partial charge in [0.1, 0.15) is 5.69 Å². The van der Waals surface area contributed by atoms with Crippen LogP contribution in [0, 0.1) is 0 Å². The molecule has 0 aliphatic carbocycles. The Hall–Kier alpha value is -4.72. The smallest absolute Gasteiger partial charge is 0.267 e. The molecule has 1 N–H and O–H groups in total. The molecule has 4 rings (SSSR count). The highest BCUT2D eigenvalue weighted by atomic mass is 16.2. The Morgan fingerprint density at radius 3 is 2.16 bits per heavy atom. The van der Waals surface area contributed by atoms with E-state index in [4.69, 9.17) is 0 Å². The molecule has 8 heteroatoms. The first-order chi connectivity index (χ1) is 15.7. The second kappa shape index (κ2) is 9.86.